The molecule has 1 unspecified atom stereocenters. The lowest BCUT2D eigenvalue weighted by atomic mass is 10.1. The Kier molecular flexibility index (Phi) is 3.58. The van der Waals surface area contributed by atoms with Gasteiger partial charge in [-0.25, -0.2) is 9.37 Å². The van der Waals surface area contributed by atoms with Crippen LogP contribution < -0.4 is 5.32 Å². The van der Waals surface area contributed by atoms with E-state index in [-0.39, 0.29) is 0 Å². The predicted octanol–water partition coefficient (Wildman–Crippen LogP) is 1.64. The van der Waals surface area contributed by atoms with Gasteiger partial charge in [0.2, 0.25) is 0 Å². The van der Waals surface area contributed by atoms with Crippen molar-refractivity contribution in [1.82, 2.24) is 10.3 Å². The van der Waals surface area contributed by atoms with Gasteiger partial charge >= 0.3 is 0 Å². The van der Waals surface area contributed by atoms with Gasteiger partial charge in [0.15, 0.2) is 0 Å². The highest BCUT2D eigenvalue weighted by Gasteiger charge is 2.30. The molecular formula is C9H15FN2OS. The van der Waals surface area contributed by atoms with E-state index in [0.717, 1.165) is 5.69 Å². The molecule has 80 valence electrons. The van der Waals surface area contributed by atoms with Gasteiger partial charge < -0.3 is 10.4 Å². The number of thiazole rings is 1. The van der Waals surface area contributed by atoms with Crippen LogP contribution >= 0.6 is 11.3 Å². The molecule has 0 aliphatic carbocycles. The summed E-state index contributed by atoms with van der Waals surface area (Å²) >= 11 is 1.28. The zero-order chi connectivity index (χ0) is 10.8. The first-order valence-electron chi connectivity index (χ1n) is 4.41. The minimum atomic E-state index is -1.64. The number of halogens is 1. The van der Waals surface area contributed by atoms with Gasteiger partial charge in [0.25, 0.3) is 0 Å². The van der Waals surface area contributed by atoms with Crippen LogP contribution in [-0.2, 0) is 6.54 Å². The first-order valence-corrected chi connectivity index (χ1v) is 5.29. The highest BCUT2D eigenvalue weighted by molar-refractivity contribution is 7.09. The van der Waals surface area contributed by atoms with E-state index in [9.17, 15) is 9.50 Å². The molecule has 0 bridgehead atoms. The van der Waals surface area contributed by atoms with E-state index < -0.39 is 11.8 Å². The molecule has 0 aromatic carbocycles. The van der Waals surface area contributed by atoms with E-state index in [4.69, 9.17) is 0 Å². The second kappa shape index (κ2) is 4.33. The quantitative estimate of drug-likeness (QED) is 0.807. The molecule has 3 nitrogen and oxygen atoms in total. The van der Waals surface area contributed by atoms with Crippen LogP contribution in [0.5, 0.6) is 0 Å². The Morgan fingerprint density at radius 1 is 1.71 bits per heavy atom. The summed E-state index contributed by atoms with van der Waals surface area (Å²) < 4.78 is 13.4. The Labute approximate surface area is 87.0 Å². The Morgan fingerprint density at radius 2 is 2.36 bits per heavy atom. The van der Waals surface area contributed by atoms with Crippen molar-refractivity contribution in [2.45, 2.75) is 32.2 Å². The Balaban J connectivity index is 2.76. The van der Waals surface area contributed by atoms with Gasteiger partial charge in [-0.2, -0.15) is 0 Å². The van der Waals surface area contributed by atoms with E-state index in [0.29, 0.717) is 11.6 Å². The largest absolute Gasteiger partial charge is 0.383 e. The van der Waals surface area contributed by atoms with Crippen molar-refractivity contribution in [2.75, 3.05) is 7.05 Å². The lowest BCUT2D eigenvalue weighted by Crippen LogP contribution is -2.23. The number of aromatic nitrogens is 1. The molecule has 1 atom stereocenters. The maximum atomic E-state index is 13.4. The lowest BCUT2D eigenvalue weighted by Gasteiger charge is -2.19. The number of hydrogen-bond donors (Lipinski definition) is 2. The van der Waals surface area contributed by atoms with Crippen molar-refractivity contribution in [3.63, 3.8) is 0 Å². The molecule has 0 fully saturated rings. The average molecular weight is 218 g/mol. The summed E-state index contributed by atoms with van der Waals surface area (Å²) in [4.78, 5) is 4.13. The molecule has 1 rings (SSSR count). The molecule has 1 aromatic rings. The Bertz CT molecular complexity index is 295. The topological polar surface area (TPSA) is 45.1 Å². The molecular weight excluding hydrogens is 203 g/mol. The van der Waals surface area contributed by atoms with Crippen molar-refractivity contribution in [3.05, 3.63) is 16.1 Å². The summed E-state index contributed by atoms with van der Waals surface area (Å²) in [7, 11) is 1.81. The van der Waals surface area contributed by atoms with E-state index in [1.54, 1.807) is 0 Å². The van der Waals surface area contributed by atoms with E-state index in [1.165, 1.54) is 25.2 Å². The standard InChI is InChI=1S/C9H15FN2OS/c1-9(2,10)7(13)8-12-6(4-11-3)5-14-8/h5,7,11,13H,4H2,1-3H3. The summed E-state index contributed by atoms with van der Waals surface area (Å²) in [6.45, 7) is 3.32. The minimum absolute atomic E-state index is 0.433. The number of hydrogen-bond acceptors (Lipinski definition) is 4. The number of rotatable bonds is 4. The smallest absolute Gasteiger partial charge is 0.139 e. The number of aliphatic hydroxyl groups is 1. The SMILES string of the molecule is CNCc1csc(C(O)C(C)(C)F)n1. The van der Waals surface area contributed by atoms with Gasteiger partial charge in [0.05, 0.1) is 5.69 Å². The molecule has 1 heterocycles. The van der Waals surface area contributed by atoms with Crippen LogP contribution in [0, 0.1) is 0 Å². The highest BCUT2D eigenvalue weighted by Crippen LogP contribution is 2.30. The van der Waals surface area contributed by atoms with Gasteiger partial charge in [-0.1, -0.05) is 0 Å². The fraction of sp³-hybridized carbons (Fsp3) is 0.667. The maximum Gasteiger partial charge on any atom is 0.139 e. The number of aliphatic hydroxyl groups excluding tert-OH is 1. The van der Waals surface area contributed by atoms with Crippen LogP contribution in [0.2, 0.25) is 0 Å². The van der Waals surface area contributed by atoms with Gasteiger partial charge in [-0.05, 0) is 20.9 Å². The van der Waals surface area contributed by atoms with Gasteiger partial charge in [0.1, 0.15) is 16.8 Å². The van der Waals surface area contributed by atoms with Crippen molar-refractivity contribution in [3.8, 4) is 0 Å². The summed E-state index contributed by atoms with van der Waals surface area (Å²) in [6.07, 6.45) is -1.14. The molecule has 0 aliphatic heterocycles. The Morgan fingerprint density at radius 3 is 2.86 bits per heavy atom. The highest BCUT2D eigenvalue weighted by atomic mass is 32.1. The molecule has 0 saturated heterocycles. The molecule has 0 amide bonds. The van der Waals surface area contributed by atoms with Crippen molar-refractivity contribution < 1.29 is 9.50 Å². The number of alkyl halides is 1. The van der Waals surface area contributed by atoms with Crippen molar-refractivity contribution in [2.24, 2.45) is 0 Å². The van der Waals surface area contributed by atoms with Crippen LogP contribution in [-0.4, -0.2) is 22.8 Å². The number of nitrogens with zero attached hydrogens (tertiary/aromatic N) is 1. The third-order valence-corrected chi connectivity index (χ3v) is 2.76. The van der Waals surface area contributed by atoms with Crippen molar-refractivity contribution in [1.29, 1.82) is 0 Å². The average Bonchev–Trinajstić information content (AvgIpc) is 2.50. The van der Waals surface area contributed by atoms with E-state index in [2.05, 4.69) is 10.3 Å². The zero-order valence-electron chi connectivity index (χ0n) is 8.54. The maximum absolute atomic E-state index is 13.4. The zero-order valence-corrected chi connectivity index (χ0v) is 9.36. The normalized spacial score (nSPS) is 14.4. The second-order valence-electron chi connectivity index (χ2n) is 3.67. The number of nitrogens with one attached hydrogen (secondary N) is 1. The van der Waals surface area contributed by atoms with Crippen LogP contribution in [0.1, 0.15) is 30.7 Å². The summed E-state index contributed by atoms with van der Waals surface area (Å²) in [5.41, 5.74) is -0.815. The first-order chi connectivity index (χ1) is 6.45. The molecule has 0 spiro atoms. The molecule has 5 heteroatoms. The van der Waals surface area contributed by atoms with Crippen LogP contribution in [0.4, 0.5) is 4.39 Å². The molecule has 14 heavy (non-hydrogen) atoms. The minimum Gasteiger partial charge on any atom is -0.383 e. The monoisotopic (exact) mass is 218 g/mol. The predicted molar refractivity (Wildman–Crippen MR) is 55.0 cm³/mol. The Hall–Kier alpha value is -0.520. The van der Waals surface area contributed by atoms with E-state index in [1.807, 2.05) is 12.4 Å². The second-order valence-corrected chi connectivity index (χ2v) is 4.56. The summed E-state index contributed by atoms with van der Waals surface area (Å²) in [5.74, 6) is 0. The van der Waals surface area contributed by atoms with Crippen LogP contribution in [0.25, 0.3) is 0 Å². The summed E-state index contributed by atoms with van der Waals surface area (Å²) in [6, 6.07) is 0. The molecule has 0 radical (unpaired) electrons. The van der Waals surface area contributed by atoms with Crippen molar-refractivity contribution >= 4 is 11.3 Å². The summed E-state index contributed by atoms with van der Waals surface area (Å²) in [5, 5.41) is 14.8. The third-order valence-electron chi connectivity index (χ3n) is 1.81. The molecule has 0 saturated carbocycles. The lowest BCUT2D eigenvalue weighted by molar-refractivity contribution is 0.0159. The van der Waals surface area contributed by atoms with Gasteiger partial charge in [-0.3, -0.25) is 0 Å². The fourth-order valence-corrected chi connectivity index (χ4v) is 1.98. The molecule has 1 aromatic heterocycles. The fourth-order valence-electron chi connectivity index (χ4n) is 1.00. The van der Waals surface area contributed by atoms with Crippen LogP contribution in [0.3, 0.4) is 0 Å². The third kappa shape index (κ3) is 2.73. The van der Waals surface area contributed by atoms with Crippen LogP contribution in [0.15, 0.2) is 5.38 Å². The van der Waals surface area contributed by atoms with Gasteiger partial charge in [0, 0.05) is 11.9 Å². The molecule has 0 aliphatic rings. The van der Waals surface area contributed by atoms with E-state index >= 15 is 0 Å². The van der Waals surface area contributed by atoms with Gasteiger partial charge in [-0.15, -0.1) is 11.3 Å². The first kappa shape index (κ1) is 11.6. The molecule has 2 N–H and O–H groups in total.